The Morgan fingerprint density at radius 2 is 2.36 bits per heavy atom. The zero-order valence-corrected chi connectivity index (χ0v) is 9.08. The van der Waals surface area contributed by atoms with Crippen molar-refractivity contribution < 1.29 is 0 Å². The summed E-state index contributed by atoms with van der Waals surface area (Å²) in [6, 6.07) is 2.15. The molecule has 0 aliphatic heterocycles. The zero-order chi connectivity index (χ0) is 9.97. The van der Waals surface area contributed by atoms with Crippen LogP contribution in [0, 0.1) is 12.8 Å². The van der Waals surface area contributed by atoms with Crippen molar-refractivity contribution in [1.82, 2.24) is 15.1 Å². The van der Waals surface area contributed by atoms with E-state index < -0.39 is 0 Å². The van der Waals surface area contributed by atoms with E-state index >= 15 is 0 Å². The van der Waals surface area contributed by atoms with Gasteiger partial charge in [0.05, 0.1) is 11.4 Å². The number of hydrogen-bond donors (Lipinski definition) is 1. The summed E-state index contributed by atoms with van der Waals surface area (Å²) in [5, 5.41) is 7.82. The van der Waals surface area contributed by atoms with Crippen LogP contribution < -0.4 is 5.32 Å². The number of hydrogen-bond acceptors (Lipinski definition) is 2. The largest absolute Gasteiger partial charge is 0.311 e. The van der Waals surface area contributed by atoms with Gasteiger partial charge in [-0.1, -0.05) is 6.42 Å². The summed E-state index contributed by atoms with van der Waals surface area (Å²) in [5.74, 6) is 0.935. The second kappa shape index (κ2) is 4.13. The summed E-state index contributed by atoms with van der Waals surface area (Å²) >= 11 is 0. The van der Waals surface area contributed by atoms with Crippen molar-refractivity contribution in [3.05, 3.63) is 17.5 Å². The Kier molecular flexibility index (Phi) is 2.87. The Balaban J connectivity index is 1.76. The highest BCUT2D eigenvalue weighted by molar-refractivity contribution is 5.08. The summed E-state index contributed by atoms with van der Waals surface area (Å²) in [6.45, 7) is 4.16. The van der Waals surface area contributed by atoms with Gasteiger partial charge < -0.3 is 5.32 Å². The molecule has 1 aliphatic carbocycles. The first-order valence-electron chi connectivity index (χ1n) is 5.46. The number of rotatable bonds is 4. The van der Waals surface area contributed by atoms with Crippen molar-refractivity contribution >= 4 is 0 Å². The maximum Gasteiger partial charge on any atom is 0.0597 e. The van der Waals surface area contributed by atoms with Crippen LogP contribution in [0.3, 0.4) is 0 Å². The average molecular weight is 193 g/mol. The maximum absolute atomic E-state index is 4.32. The molecule has 3 heteroatoms. The first kappa shape index (κ1) is 9.71. The van der Waals surface area contributed by atoms with Gasteiger partial charge in [0.25, 0.3) is 0 Å². The van der Waals surface area contributed by atoms with Crippen LogP contribution in [0.1, 0.15) is 30.7 Å². The van der Waals surface area contributed by atoms with Gasteiger partial charge in [-0.3, -0.25) is 4.68 Å². The molecule has 14 heavy (non-hydrogen) atoms. The SMILES string of the molecule is Cc1cc(CNCC2CCC2)n(C)n1. The molecule has 0 saturated heterocycles. The van der Waals surface area contributed by atoms with E-state index in [-0.39, 0.29) is 0 Å². The second-order valence-electron chi connectivity index (χ2n) is 4.33. The molecule has 1 saturated carbocycles. The van der Waals surface area contributed by atoms with Crippen LogP contribution in [0.5, 0.6) is 0 Å². The molecule has 1 aliphatic rings. The third kappa shape index (κ3) is 2.15. The van der Waals surface area contributed by atoms with Crippen LogP contribution in [0.25, 0.3) is 0 Å². The molecular weight excluding hydrogens is 174 g/mol. The highest BCUT2D eigenvalue weighted by atomic mass is 15.3. The highest BCUT2D eigenvalue weighted by Crippen LogP contribution is 2.25. The van der Waals surface area contributed by atoms with Crippen molar-refractivity contribution in [2.45, 2.75) is 32.7 Å². The van der Waals surface area contributed by atoms with E-state index in [1.807, 2.05) is 18.7 Å². The lowest BCUT2D eigenvalue weighted by Crippen LogP contribution is -2.27. The number of nitrogens with one attached hydrogen (secondary N) is 1. The lowest BCUT2D eigenvalue weighted by Gasteiger charge is -2.25. The Labute approximate surface area is 85.5 Å². The predicted molar refractivity (Wildman–Crippen MR) is 57.0 cm³/mol. The molecule has 0 aromatic carbocycles. The smallest absolute Gasteiger partial charge is 0.0597 e. The third-order valence-corrected chi connectivity index (χ3v) is 3.06. The molecule has 0 amide bonds. The molecule has 1 aromatic heterocycles. The van der Waals surface area contributed by atoms with Gasteiger partial charge in [0.2, 0.25) is 0 Å². The van der Waals surface area contributed by atoms with Crippen LogP contribution in [0.2, 0.25) is 0 Å². The van der Waals surface area contributed by atoms with Crippen LogP contribution in [-0.4, -0.2) is 16.3 Å². The summed E-state index contributed by atoms with van der Waals surface area (Å²) in [6.07, 6.45) is 4.26. The molecule has 1 fully saturated rings. The molecule has 1 heterocycles. The van der Waals surface area contributed by atoms with Gasteiger partial charge >= 0.3 is 0 Å². The van der Waals surface area contributed by atoms with Crippen molar-refractivity contribution in [3.8, 4) is 0 Å². The van der Waals surface area contributed by atoms with Gasteiger partial charge in [0.1, 0.15) is 0 Å². The Morgan fingerprint density at radius 3 is 2.86 bits per heavy atom. The topological polar surface area (TPSA) is 29.9 Å². The molecule has 0 bridgehead atoms. The van der Waals surface area contributed by atoms with Crippen LogP contribution in [0.4, 0.5) is 0 Å². The minimum absolute atomic E-state index is 0.935. The summed E-state index contributed by atoms with van der Waals surface area (Å²) in [4.78, 5) is 0. The molecule has 0 unspecified atom stereocenters. The maximum atomic E-state index is 4.32. The summed E-state index contributed by atoms with van der Waals surface area (Å²) < 4.78 is 1.96. The molecular formula is C11H19N3. The Hall–Kier alpha value is -0.830. The molecule has 3 nitrogen and oxygen atoms in total. The summed E-state index contributed by atoms with van der Waals surface area (Å²) in [7, 11) is 2.01. The fraction of sp³-hybridized carbons (Fsp3) is 0.727. The van der Waals surface area contributed by atoms with E-state index in [1.54, 1.807) is 0 Å². The van der Waals surface area contributed by atoms with Crippen molar-refractivity contribution in [3.63, 3.8) is 0 Å². The van der Waals surface area contributed by atoms with E-state index in [9.17, 15) is 0 Å². The van der Waals surface area contributed by atoms with Gasteiger partial charge in [0, 0.05) is 13.6 Å². The predicted octanol–water partition coefficient (Wildman–Crippen LogP) is 1.62. The van der Waals surface area contributed by atoms with Crippen molar-refractivity contribution in [2.75, 3.05) is 6.54 Å². The number of aryl methyl sites for hydroxylation is 2. The normalized spacial score (nSPS) is 17.0. The second-order valence-corrected chi connectivity index (χ2v) is 4.33. The molecule has 0 radical (unpaired) electrons. The molecule has 1 N–H and O–H groups in total. The quantitative estimate of drug-likeness (QED) is 0.787. The average Bonchev–Trinajstić information content (AvgIpc) is 2.36. The monoisotopic (exact) mass is 193 g/mol. The van der Waals surface area contributed by atoms with Gasteiger partial charge in [-0.2, -0.15) is 5.10 Å². The van der Waals surface area contributed by atoms with Gasteiger partial charge in [0.15, 0.2) is 0 Å². The van der Waals surface area contributed by atoms with Gasteiger partial charge in [-0.15, -0.1) is 0 Å². The van der Waals surface area contributed by atoms with E-state index in [2.05, 4.69) is 16.5 Å². The van der Waals surface area contributed by atoms with Crippen molar-refractivity contribution in [1.29, 1.82) is 0 Å². The lowest BCUT2D eigenvalue weighted by molar-refractivity contribution is 0.300. The minimum Gasteiger partial charge on any atom is -0.311 e. The van der Waals surface area contributed by atoms with E-state index in [1.165, 1.54) is 31.5 Å². The first-order valence-corrected chi connectivity index (χ1v) is 5.46. The van der Waals surface area contributed by atoms with E-state index in [4.69, 9.17) is 0 Å². The van der Waals surface area contributed by atoms with Crippen LogP contribution in [0.15, 0.2) is 6.07 Å². The van der Waals surface area contributed by atoms with Gasteiger partial charge in [-0.25, -0.2) is 0 Å². The van der Waals surface area contributed by atoms with E-state index in [0.29, 0.717) is 0 Å². The first-order chi connectivity index (χ1) is 6.75. The van der Waals surface area contributed by atoms with Crippen LogP contribution in [-0.2, 0) is 13.6 Å². The van der Waals surface area contributed by atoms with Crippen LogP contribution >= 0.6 is 0 Å². The Bertz CT molecular complexity index is 299. The molecule has 2 rings (SSSR count). The minimum atomic E-state index is 0.935. The highest BCUT2D eigenvalue weighted by Gasteiger charge is 2.16. The van der Waals surface area contributed by atoms with Gasteiger partial charge in [-0.05, 0) is 38.3 Å². The molecule has 78 valence electrons. The molecule has 1 aromatic rings. The fourth-order valence-corrected chi connectivity index (χ4v) is 1.93. The number of nitrogens with zero attached hydrogens (tertiary/aromatic N) is 2. The number of aromatic nitrogens is 2. The van der Waals surface area contributed by atoms with Crippen molar-refractivity contribution in [2.24, 2.45) is 13.0 Å². The molecule has 0 atom stereocenters. The zero-order valence-electron chi connectivity index (χ0n) is 9.08. The van der Waals surface area contributed by atoms with E-state index in [0.717, 1.165) is 18.2 Å². The third-order valence-electron chi connectivity index (χ3n) is 3.06. The summed E-state index contributed by atoms with van der Waals surface area (Å²) in [5.41, 5.74) is 2.38. The standard InChI is InChI=1S/C11H19N3/c1-9-6-11(14(2)13-9)8-12-7-10-4-3-5-10/h6,10,12H,3-5,7-8H2,1-2H3. The Morgan fingerprint density at radius 1 is 1.57 bits per heavy atom. The fourth-order valence-electron chi connectivity index (χ4n) is 1.93. The lowest BCUT2D eigenvalue weighted by atomic mass is 9.85. The molecule has 0 spiro atoms.